The molecule has 0 atom stereocenters. The van der Waals surface area contributed by atoms with Crippen LogP contribution >= 0.6 is 11.6 Å². The average Bonchev–Trinajstić information content (AvgIpc) is 3.20. The fraction of sp³-hybridized carbons (Fsp3) is 0.240. The number of rotatable bonds is 9. The van der Waals surface area contributed by atoms with Crippen LogP contribution in [0.15, 0.2) is 60.7 Å². The Morgan fingerprint density at radius 1 is 0.844 bits per heavy atom. The second-order valence-corrected chi connectivity index (χ2v) is 7.53. The summed E-state index contributed by atoms with van der Waals surface area (Å²) in [6.07, 6.45) is 0.781. The number of halogens is 1. The Morgan fingerprint density at radius 3 is 2.22 bits per heavy atom. The van der Waals surface area contributed by atoms with Gasteiger partial charge in [0.1, 0.15) is 11.6 Å². The first-order valence-corrected chi connectivity index (χ1v) is 10.7. The number of hydrogen-bond donors (Lipinski definition) is 0. The van der Waals surface area contributed by atoms with Crippen molar-refractivity contribution >= 4 is 22.6 Å². The molecule has 1 aromatic heterocycles. The monoisotopic (exact) mass is 452 g/mol. The number of para-hydroxylation sites is 3. The van der Waals surface area contributed by atoms with Crippen LogP contribution < -0.4 is 18.9 Å². The van der Waals surface area contributed by atoms with Crippen LogP contribution in [-0.4, -0.2) is 37.5 Å². The van der Waals surface area contributed by atoms with Gasteiger partial charge in [0.2, 0.25) is 5.75 Å². The Kier molecular flexibility index (Phi) is 6.71. The maximum absolute atomic E-state index is 6.19. The number of aromatic nitrogens is 2. The summed E-state index contributed by atoms with van der Waals surface area (Å²) in [5.74, 6) is 3.23. The molecule has 0 amide bonds. The van der Waals surface area contributed by atoms with E-state index >= 15 is 0 Å². The Hall–Kier alpha value is -3.38. The molecule has 0 unspecified atom stereocenters. The lowest BCUT2D eigenvalue weighted by atomic mass is 10.1. The molecule has 0 spiro atoms. The van der Waals surface area contributed by atoms with Crippen molar-refractivity contribution in [3.05, 3.63) is 65.7 Å². The highest BCUT2D eigenvalue weighted by molar-refractivity contribution is 6.32. The molecule has 32 heavy (non-hydrogen) atoms. The third-order valence-corrected chi connectivity index (χ3v) is 5.51. The van der Waals surface area contributed by atoms with Crippen LogP contribution in [0.4, 0.5) is 0 Å². The summed E-state index contributed by atoms with van der Waals surface area (Å²) in [4.78, 5) is 4.89. The standard InChI is InChI=1S/C25H25ClN2O4/c1-29-22-15-17(16-23(30-2)24(22)31-3)25-27-19-10-5-6-11-20(19)28(25)13-8-14-32-21-12-7-4-9-18(21)26/h4-7,9-12,15-16H,8,13-14H2,1-3H3. The van der Waals surface area contributed by atoms with Gasteiger partial charge in [-0.3, -0.25) is 0 Å². The highest BCUT2D eigenvalue weighted by atomic mass is 35.5. The van der Waals surface area contributed by atoms with Crippen LogP contribution in [0.25, 0.3) is 22.4 Å². The van der Waals surface area contributed by atoms with E-state index in [-0.39, 0.29) is 0 Å². The SMILES string of the molecule is COc1cc(-c2nc3ccccc3n2CCCOc2ccccc2Cl)cc(OC)c1OC. The van der Waals surface area contributed by atoms with Crippen LogP contribution in [0.1, 0.15) is 6.42 Å². The zero-order chi connectivity index (χ0) is 22.5. The minimum absolute atomic E-state index is 0.533. The topological polar surface area (TPSA) is 54.7 Å². The van der Waals surface area contributed by atoms with E-state index in [1.165, 1.54) is 0 Å². The van der Waals surface area contributed by atoms with Gasteiger partial charge in [0.05, 0.1) is 44.0 Å². The summed E-state index contributed by atoms with van der Waals surface area (Å²) >= 11 is 6.19. The van der Waals surface area contributed by atoms with Crippen LogP contribution in [0, 0.1) is 0 Å². The summed E-state index contributed by atoms with van der Waals surface area (Å²) in [7, 11) is 4.81. The second kappa shape index (κ2) is 9.83. The molecule has 0 aliphatic heterocycles. The molecule has 4 rings (SSSR count). The molecule has 0 radical (unpaired) electrons. The van der Waals surface area contributed by atoms with Gasteiger partial charge in [-0.05, 0) is 42.8 Å². The van der Waals surface area contributed by atoms with Crippen molar-refractivity contribution in [3.63, 3.8) is 0 Å². The van der Waals surface area contributed by atoms with Crippen LogP contribution in [0.3, 0.4) is 0 Å². The van der Waals surface area contributed by atoms with E-state index in [9.17, 15) is 0 Å². The number of aryl methyl sites for hydroxylation is 1. The maximum atomic E-state index is 6.19. The molecule has 0 aliphatic carbocycles. The van der Waals surface area contributed by atoms with Crippen molar-refractivity contribution in [1.29, 1.82) is 0 Å². The van der Waals surface area contributed by atoms with E-state index < -0.39 is 0 Å². The molecule has 4 aromatic rings. The fourth-order valence-electron chi connectivity index (χ4n) is 3.70. The summed E-state index contributed by atoms with van der Waals surface area (Å²) in [6, 6.07) is 19.4. The van der Waals surface area contributed by atoms with Gasteiger partial charge in [0.15, 0.2) is 11.5 Å². The summed E-state index contributed by atoms with van der Waals surface area (Å²) < 4.78 is 24.6. The largest absolute Gasteiger partial charge is 0.493 e. The van der Waals surface area contributed by atoms with Gasteiger partial charge in [0, 0.05) is 12.1 Å². The van der Waals surface area contributed by atoms with E-state index in [1.54, 1.807) is 21.3 Å². The Labute approximate surface area is 192 Å². The van der Waals surface area contributed by atoms with Crippen molar-refractivity contribution in [3.8, 4) is 34.4 Å². The van der Waals surface area contributed by atoms with Crippen LogP contribution in [0.5, 0.6) is 23.0 Å². The summed E-state index contributed by atoms with van der Waals surface area (Å²) in [6.45, 7) is 1.25. The predicted octanol–water partition coefficient (Wildman–Crippen LogP) is 5.85. The van der Waals surface area contributed by atoms with Crippen molar-refractivity contribution in [2.45, 2.75) is 13.0 Å². The molecule has 0 aliphatic rings. The third-order valence-electron chi connectivity index (χ3n) is 5.20. The number of methoxy groups -OCH3 is 3. The lowest BCUT2D eigenvalue weighted by molar-refractivity contribution is 0.303. The number of imidazole rings is 1. The molecular weight excluding hydrogens is 428 g/mol. The molecular formula is C25H25ClN2O4. The van der Waals surface area contributed by atoms with E-state index in [1.807, 2.05) is 54.6 Å². The molecule has 3 aromatic carbocycles. The van der Waals surface area contributed by atoms with Gasteiger partial charge in [-0.25, -0.2) is 4.98 Å². The van der Waals surface area contributed by atoms with E-state index in [0.717, 1.165) is 35.4 Å². The Morgan fingerprint density at radius 2 is 1.53 bits per heavy atom. The minimum Gasteiger partial charge on any atom is -0.493 e. The van der Waals surface area contributed by atoms with Gasteiger partial charge < -0.3 is 23.5 Å². The van der Waals surface area contributed by atoms with Gasteiger partial charge in [-0.2, -0.15) is 0 Å². The van der Waals surface area contributed by atoms with E-state index in [2.05, 4.69) is 10.6 Å². The zero-order valence-electron chi connectivity index (χ0n) is 18.3. The Bertz CT molecular complexity index is 1200. The molecule has 6 nitrogen and oxygen atoms in total. The molecule has 1 heterocycles. The summed E-state index contributed by atoms with van der Waals surface area (Å²) in [5, 5.41) is 0.610. The lowest BCUT2D eigenvalue weighted by Crippen LogP contribution is -2.06. The molecule has 0 saturated heterocycles. The van der Waals surface area contributed by atoms with Crippen molar-refractivity contribution in [2.24, 2.45) is 0 Å². The number of benzene rings is 3. The molecule has 0 bridgehead atoms. The van der Waals surface area contributed by atoms with E-state index in [0.29, 0.717) is 34.6 Å². The van der Waals surface area contributed by atoms with Crippen molar-refractivity contribution < 1.29 is 18.9 Å². The molecule has 0 N–H and O–H groups in total. The molecule has 0 fully saturated rings. The van der Waals surface area contributed by atoms with Crippen molar-refractivity contribution in [1.82, 2.24) is 9.55 Å². The van der Waals surface area contributed by atoms with Crippen LogP contribution in [-0.2, 0) is 6.54 Å². The molecule has 0 saturated carbocycles. The van der Waals surface area contributed by atoms with Gasteiger partial charge in [0.25, 0.3) is 0 Å². The lowest BCUT2D eigenvalue weighted by Gasteiger charge is -2.15. The third kappa shape index (κ3) is 4.32. The molecule has 166 valence electrons. The first-order valence-electron chi connectivity index (χ1n) is 10.3. The first kappa shape index (κ1) is 21.8. The average molecular weight is 453 g/mol. The minimum atomic E-state index is 0.533. The van der Waals surface area contributed by atoms with E-state index in [4.69, 9.17) is 35.5 Å². The fourth-order valence-corrected chi connectivity index (χ4v) is 3.89. The zero-order valence-corrected chi connectivity index (χ0v) is 19.1. The number of hydrogen-bond acceptors (Lipinski definition) is 5. The highest BCUT2D eigenvalue weighted by Gasteiger charge is 2.18. The van der Waals surface area contributed by atoms with Gasteiger partial charge >= 0.3 is 0 Å². The Balaban J connectivity index is 1.66. The number of nitrogens with zero attached hydrogens (tertiary/aromatic N) is 2. The summed E-state index contributed by atoms with van der Waals surface area (Å²) in [5.41, 5.74) is 2.85. The number of ether oxygens (including phenoxy) is 4. The normalized spacial score (nSPS) is 10.9. The number of fused-ring (bicyclic) bond motifs is 1. The predicted molar refractivity (Wildman–Crippen MR) is 126 cm³/mol. The van der Waals surface area contributed by atoms with Gasteiger partial charge in [-0.15, -0.1) is 0 Å². The quantitative estimate of drug-likeness (QED) is 0.298. The van der Waals surface area contributed by atoms with Crippen LogP contribution in [0.2, 0.25) is 5.02 Å². The molecule has 7 heteroatoms. The van der Waals surface area contributed by atoms with Gasteiger partial charge in [-0.1, -0.05) is 35.9 Å². The smallest absolute Gasteiger partial charge is 0.203 e. The first-order chi connectivity index (χ1) is 15.7. The second-order valence-electron chi connectivity index (χ2n) is 7.12. The van der Waals surface area contributed by atoms with Crippen molar-refractivity contribution in [2.75, 3.05) is 27.9 Å². The highest BCUT2D eigenvalue weighted by Crippen LogP contribution is 2.41. The maximum Gasteiger partial charge on any atom is 0.203 e.